The van der Waals surface area contributed by atoms with Crippen molar-refractivity contribution in [1.82, 2.24) is 19.9 Å². The molecule has 0 aliphatic rings. The van der Waals surface area contributed by atoms with Crippen LogP contribution in [0, 0.1) is 11.8 Å². The Labute approximate surface area is 118 Å². The fraction of sp³-hybridized carbons (Fsp3) is 0.500. The van der Waals surface area contributed by atoms with Crippen LogP contribution in [0.4, 0.5) is 0 Å². The van der Waals surface area contributed by atoms with E-state index in [1.165, 1.54) is 0 Å². The van der Waals surface area contributed by atoms with Crippen molar-refractivity contribution in [3.8, 4) is 0 Å². The van der Waals surface area contributed by atoms with Gasteiger partial charge in [0.1, 0.15) is 0 Å². The fourth-order valence-corrected chi connectivity index (χ4v) is 2.22. The molecule has 2 aromatic rings. The summed E-state index contributed by atoms with van der Waals surface area (Å²) in [6.07, 6.45) is 1.89. The average molecular weight is 275 g/mol. The lowest BCUT2D eigenvalue weighted by Gasteiger charge is -2.20. The molecule has 0 radical (unpaired) electrons. The highest BCUT2D eigenvalue weighted by Crippen LogP contribution is 2.15. The molecule has 0 bridgehead atoms. The van der Waals surface area contributed by atoms with Crippen LogP contribution in [-0.2, 0) is 4.79 Å². The first kappa shape index (κ1) is 14.5. The smallest absolute Gasteiger partial charge is 0.225 e. The van der Waals surface area contributed by atoms with Gasteiger partial charge in [-0.15, -0.1) is 10.2 Å². The van der Waals surface area contributed by atoms with Gasteiger partial charge in [-0.1, -0.05) is 19.9 Å². The predicted molar refractivity (Wildman–Crippen MR) is 76.9 cm³/mol. The van der Waals surface area contributed by atoms with Crippen molar-refractivity contribution in [2.75, 3.05) is 6.54 Å². The van der Waals surface area contributed by atoms with Crippen LogP contribution < -0.4 is 11.1 Å². The topological polar surface area (TPSA) is 85.3 Å². The molecule has 1 amide bonds. The SMILES string of the molecule is CC(NC(=O)C(CN)C(C)C)c1nnc2ccccn12. The molecule has 2 heterocycles. The molecular formula is C14H21N5O. The largest absolute Gasteiger partial charge is 0.346 e. The zero-order valence-corrected chi connectivity index (χ0v) is 12.1. The van der Waals surface area contributed by atoms with E-state index in [4.69, 9.17) is 5.73 Å². The number of nitrogens with zero attached hydrogens (tertiary/aromatic N) is 3. The van der Waals surface area contributed by atoms with Crippen molar-refractivity contribution < 1.29 is 4.79 Å². The molecule has 6 nitrogen and oxygen atoms in total. The minimum atomic E-state index is -0.215. The van der Waals surface area contributed by atoms with Crippen molar-refractivity contribution in [1.29, 1.82) is 0 Å². The van der Waals surface area contributed by atoms with Crippen LogP contribution in [0.5, 0.6) is 0 Å². The van der Waals surface area contributed by atoms with Crippen LogP contribution in [-0.4, -0.2) is 27.0 Å². The number of hydrogen-bond donors (Lipinski definition) is 2. The Hall–Kier alpha value is -1.95. The lowest BCUT2D eigenvalue weighted by atomic mass is 9.95. The third-order valence-corrected chi connectivity index (χ3v) is 3.48. The Kier molecular flexibility index (Phi) is 4.34. The van der Waals surface area contributed by atoms with Gasteiger partial charge in [0.2, 0.25) is 5.91 Å². The van der Waals surface area contributed by atoms with Gasteiger partial charge in [0.25, 0.3) is 0 Å². The summed E-state index contributed by atoms with van der Waals surface area (Å²) in [5.74, 6) is 0.704. The van der Waals surface area contributed by atoms with Crippen molar-refractivity contribution in [3.05, 3.63) is 30.2 Å². The molecule has 0 spiro atoms. The number of nitrogens with one attached hydrogen (secondary N) is 1. The van der Waals surface area contributed by atoms with Crippen LogP contribution in [0.3, 0.4) is 0 Å². The first-order valence-electron chi connectivity index (χ1n) is 6.84. The Morgan fingerprint density at radius 3 is 2.75 bits per heavy atom. The van der Waals surface area contributed by atoms with Gasteiger partial charge < -0.3 is 11.1 Å². The zero-order valence-electron chi connectivity index (χ0n) is 12.1. The highest BCUT2D eigenvalue weighted by Gasteiger charge is 2.23. The van der Waals surface area contributed by atoms with Gasteiger partial charge in [-0.3, -0.25) is 9.20 Å². The standard InChI is InChI=1S/C14H21N5O/c1-9(2)11(8-15)14(20)16-10(3)13-18-17-12-6-4-5-7-19(12)13/h4-7,9-11H,8,15H2,1-3H3,(H,16,20). The van der Waals surface area contributed by atoms with E-state index in [0.29, 0.717) is 12.4 Å². The molecule has 0 aromatic carbocycles. The second-order valence-electron chi connectivity index (χ2n) is 5.30. The normalized spacial score (nSPS) is 14.4. The molecule has 20 heavy (non-hydrogen) atoms. The summed E-state index contributed by atoms with van der Waals surface area (Å²) in [6, 6.07) is 5.47. The summed E-state index contributed by atoms with van der Waals surface area (Å²) in [5.41, 5.74) is 6.43. The molecule has 2 rings (SSSR count). The number of pyridine rings is 1. The first-order chi connectivity index (χ1) is 9.54. The molecule has 0 saturated carbocycles. The van der Waals surface area contributed by atoms with Crippen LogP contribution in [0.2, 0.25) is 0 Å². The average Bonchev–Trinajstić information content (AvgIpc) is 2.82. The van der Waals surface area contributed by atoms with Gasteiger partial charge in [-0.2, -0.15) is 0 Å². The molecule has 2 unspecified atom stereocenters. The highest BCUT2D eigenvalue weighted by molar-refractivity contribution is 5.79. The summed E-state index contributed by atoms with van der Waals surface area (Å²) in [6.45, 7) is 6.23. The summed E-state index contributed by atoms with van der Waals surface area (Å²) >= 11 is 0. The van der Waals surface area contributed by atoms with Gasteiger partial charge in [0, 0.05) is 12.7 Å². The zero-order chi connectivity index (χ0) is 14.7. The van der Waals surface area contributed by atoms with Crippen molar-refractivity contribution >= 4 is 11.6 Å². The minimum absolute atomic E-state index is 0.0392. The number of rotatable bonds is 5. The lowest BCUT2D eigenvalue weighted by molar-refractivity contribution is -0.126. The van der Waals surface area contributed by atoms with Gasteiger partial charge in [0.05, 0.1) is 12.0 Å². The molecule has 0 aliphatic carbocycles. The Bertz CT molecular complexity index is 592. The molecule has 2 atom stereocenters. The molecule has 0 fully saturated rings. The van der Waals surface area contributed by atoms with E-state index in [1.54, 1.807) is 0 Å². The number of carbonyl (C=O) groups excluding carboxylic acids is 1. The highest BCUT2D eigenvalue weighted by atomic mass is 16.2. The van der Waals surface area contributed by atoms with E-state index in [2.05, 4.69) is 15.5 Å². The van der Waals surface area contributed by atoms with Crippen LogP contribution >= 0.6 is 0 Å². The number of nitrogens with two attached hydrogens (primary N) is 1. The van der Waals surface area contributed by atoms with E-state index in [9.17, 15) is 4.79 Å². The molecule has 2 aromatic heterocycles. The third-order valence-electron chi connectivity index (χ3n) is 3.48. The van der Waals surface area contributed by atoms with E-state index in [0.717, 1.165) is 5.65 Å². The van der Waals surface area contributed by atoms with Gasteiger partial charge >= 0.3 is 0 Å². The summed E-state index contributed by atoms with van der Waals surface area (Å²) < 4.78 is 1.87. The second kappa shape index (κ2) is 6.00. The summed E-state index contributed by atoms with van der Waals surface area (Å²) in [7, 11) is 0. The maximum Gasteiger partial charge on any atom is 0.225 e. The summed E-state index contributed by atoms with van der Waals surface area (Å²) in [5, 5.41) is 11.2. The van der Waals surface area contributed by atoms with E-state index >= 15 is 0 Å². The Balaban J connectivity index is 2.16. The summed E-state index contributed by atoms with van der Waals surface area (Å²) in [4.78, 5) is 12.2. The van der Waals surface area contributed by atoms with Crippen molar-refractivity contribution in [2.45, 2.75) is 26.8 Å². The lowest BCUT2D eigenvalue weighted by Crippen LogP contribution is -2.39. The molecule has 0 aliphatic heterocycles. The number of aromatic nitrogens is 3. The number of amides is 1. The first-order valence-corrected chi connectivity index (χ1v) is 6.84. The molecular weight excluding hydrogens is 254 g/mol. The number of hydrogen-bond acceptors (Lipinski definition) is 4. The Morgan fingerprint density at radius 2 is 2.10 bits per heavy atom. The Morgan fingerprint density at radius 1 is 1.35 bits per heavy atom. The molecule has 108 valence electrons. The van der Waals surface area contributed by atoms with Gasteiger partial charge in [-0.25, -0.2) is 0 Å². The quantitative estimate of drug-likeness (QED) is 0.856. The van der Waals surface area contributed by atoms with Crippen molar-refractivity contribution in [3.63, 3.8) is 0 Å². The van der Waals surface area contributed by atoms with E-state index < -0.39 is 0 Å². The fourth-order valence-electron chi connectivity index (χ4n) is 2.22. The molecule has 0 saturated heterocycles. The van der Waals surface area contributed by atoms with Crippen LogP contribution in [0.1, 0.15) is 32.6 Å². The monoisotopic (exact) mass is 275 g/mol. The van der Waals surface area contributed by atoms with E-state index in [-0.39, 0.29) is 23.8 Å². The maximum atomic E-state index is 12.2. The van der Waals surface area contributed by atoms with Gasteiger partial charge in [-0.05, 0) is 25.0 Å². The molecule has 6 heteroatoms. The van der Waals surface area contributed by atoms with Crippen LogP contribution in [0.15, 0.2) is 24.4 Å². The van der Waals surface area contributed by atoms with Gasteiger partial charge in [0.15, 0.2) is 11.5 Å². The molecule has 3 N–H and O–H groups in total. The second-order valence-corrected chi connectivity index (χ2v) is 5.30. The van der Waals surface area contributed by atoms with E-state index in [1.807, 2.05) is 49.6 Å². The maximum absolute atomic E-state index is 12.2. The predicted octanol–water partition coefficient (Wildman–Crippen LogP) is 1.14. The van der Waals surface area contributed by atoms with Crippen molar-refractivity contribution in [2.24, 2.45) is 17.6 Å². The number of carbonyl (C=O) groups is 1. The number of fused-ring (bicyclic) bond motifs is 1. The van der Waals surface area contributed by atoms with Crippen LogP contribution in [0.25, 0.3) is 5.65 Å². The minimum Gasteiger partial charge on any atom is -0.346 e. The third kappa shape index (κ3) is 2.80.